The van der Waals surface area contributed by atoms with E-state index in [4.69, 9.17) is 0 Å². The van der Waals surface area contributed by atoms with Gasteiger partial charge in [-0.15, -0.1) is 10.2 Å². The molecule has 0 fully saturated rings. The summed E-state index contributed by atoms with van der Waals surface area (Å²) in [4.78, 5) is 27.4. The standard InChI is InChI=1S/C26H22FN5O2S/c1-17-15-23(33)28-21-9-5-6-10-22(21)31(17)24(34)16-35-26-30-29-25(18-11-13-19(27)14-12-18)32(26)20-7-3-2-4-8-20/h2-14,17H,15-16H2,1H3,(H,28,33). The van der Waals surface area contributed by atoms with Crippen molar-refractivity contribution in [1.29, 1.82) is 0 Å². The topological polar surface area (TPSA) is 80.1 Å². The lowest BCUT2D eigenvalue weighted by Crippen LogP contribution is -2.40. The largest absolute Gasteiger partial charge is 0.324 e. The van der Waals surface area contributed by atoms with Crippen LogP contribution in [0.25, 0.3) is 17.1 Å². The van der Waals surface area contributed by atoms with E-state index in [1.165, 1.54) is 23.9 Å². The Hall–Kier alpha value is -3.98. The number of amides is 2. The van der Waals surface area contributed by atoms with E-state index in [0.717, 1.165) is 5.69 Å². The minimum absolute atomic E-state index is 0.0985. The fraction of sp³-hybridized carbons (Fsp3) is 0.154. The predicted octanol–water partition coefficient (Wildman–Crippen LogP) is 4.93. The number of aromatic nitrogens is 3. The Morgan fingerprint density at radius 1 is 1.03 bits per heavy atom. The highest BCUT2D eigenvalue weighted by atomic mass is 32.2. The molecule has 0 bridgehead atoms. The van der Waals surface area contributed by atoms with Crippen LogP contribution in [-0.2, 0) is 9.59 Å². The van der Waals surface area contributed by atoms with Gasteiger partial charge in [0.15, 0.2) is 11.0 Å². The lowest BCUT2D eigenvalue weighted by molar-refractivity contribution is -0.117. The van der Waals surface area contributed by atoms with Crippen molar-refractivity contribution in [1.82, 2.24) is 14.8 Å². The second-order valence-corrected chi connectivity index (χ2v) is 9.10. The molecule has 3 aromatic carbocycles. The zero-order valence-corrected chi connectivity index (χ0v) is 19.7. The number of halogens is 1. The number of nitrogens with zero attached hydrogens (tertiary/aromatic N) is 4. The fourth-order valence-corrected chi connectivity index (χ4v) is 4.93. The smallest absolute Gasteiger partial charge is 0.237 e. The summed E-state index contributed by atoms with van der Waals surface area (Å²) in [5.74, 6) is 0.0494. The van der Waals surface area contributed by atoms with Crippen LogP contribution in [0.15, 0.2) is 84.0 Å². The van der Waals surface area contributed by atoms with E-state index < -0.39 is 0 Å². The number of hydrogen-bond acceptors (Lipinski definition) is 5. The van der Waals surface area contributed by atoms with Crippen molar-refractivity contribution in [3.63, 3.8) is 0 Å². The van der Waals surface area contributed by atoms with Gasteiger partial charge in [-0.2, -0.15) is 0 Å². The van der Waals surface area contributed by atoms with E-state index >= 15 is 0 Å². The van der Waals surface area contributed by atoms with E-state index in [-0.39, 0.29) is 35.8 Å². The molecule has 9 heteroatoms. The zero-order valence-electron chi connectivity index (χ0n) is 18.9. The van der Waals surface area contributed by atoms with Crippen LogP contribution in [-0.4, -0.2) is 38.4 Å². The molecular weight excluding hydrogens is 465 g/mol. The van der Waals surface area contributed by atoms with Crippen LogP contribution in [0.5, 0.6) is 0 Å². The second-order valence-electron chi connectivity index (χ2n) is 8.15. The molecule has 2 heterocycles. The lowest BCUT2D eigenvalue weighted by Gasteiger charge is -2.27. The van der Waals surface area contributed by atoms with Crippen molar-refractivity contribution in [2.24, 2.45) is 0 Å². The Morgan fingerprint density at radius 2 is 1.74 bits per heavy atom. The number of benzene rings is 3. The molecular formula is C26H22FN5O2S. The van der Waals surface area contributed by atoms with Crippen LogP contribution in [0.2, 0.25) is 0 Å². The Kier molecular flexibility index (Phi) is 6.33. The molecule has 1 unspecified atom stereocenters. The van der Waals surface area contributed by atoms with Crippen LogP contribution in [0.1, 0.15) is 13.3 Å². The van der Waals surface area contributed by atoms with Crippen LogP contribution in [0, 0.1) is 5.82 Å². The number of anilines is 2. The Bertz CT molecular complexity index is 1370. The van der Waals surface area contributed by atoms with E-state index in [1.54, 1.807) is 23.1 Å². The molecule has 7 nitrogen and oxygen atoms in total. The van der Waals surface area contributed by atoms with Gasteiger partial charge in [-0.3, -0.25) is 14.2 Å². The molecule has 1 aliphatic heterocycles. The van der Waals surface area contributed by atoms with Gasteiger partial charge in [0, 0.05) is 23.7 Å². The molecule has 1 N–H and O–H groups in total. The van der Waals surface area contributed by atoms with Crippen molar-refractivity contribution in [2.45, 2.75) is 24.5 Å². The molecule has 0 saturated carbocycles. The predicted molar refractivity (Wildman–Crippen MR) is 134 cm³/mol. The number of fused-ring (bicyclic) bond motifs is 1. The minimum atomic E-state index is -0.334. The van der Waals surface area contributed by atoms with Crippen molar-refractivity contribution < 1.29 is 14.0 Å². The average molecular weight is 488 g/mol. The maximum Gasteiger partial charge on any atom is 0.237 e. The Morgan fingerprint density at radius 3 is 2.51 bits per heavy atom. The number of carbonyl (C=O) groups is 2. The van der Waals surface area contributed by atoms with Crippen LogP contribution in [0.3, 0.4) is 0 Å². The average Bonchev–Trinajstić information content (AvgIpc) is 3.23. The minimum Gasteiger partial charge on any atom is -0.324 e. The third kappa shape index (κ3) is 4.67. The van der Waals surface area contributed by atoms with E-state index in [9.17, 15) is 14.0 Å². The van der Waals surface area contributed by atoms with E-state index in [2.05, 4.69) is 15.5 Å². The Balaban J connectivity index is 1.46. The Labute approximate surface area is 206 Å². The van der Waals surface area contributed by atoms with Gasteiger partial charge in [0.2, 0.25) is 11.8 Å². The molecule has 2 amide bonds. The van der Waals surface area contributed by atoms with Gasteiger partial charge < -0.3 is 10.2 Å². The summed E-state index contributed by atoms with van der Waals surface area (Å²) >= 11 is 1.27. The number of nitrogens with one attached hydrogen (secondary N) is 1. The van der Waals surface area contributed by atoms with E-state index in [1.807, 2.05) is 60.0 Å². The summed E-state index contributed by atoms with van der Waals surface area (Å²) in [6, 6.07) is 22.6. The number of rotatable bonds is 5. The van der Waals surface area contributed by atoms with Crippen molar-refractivity contribution >= 4 is 35.0 Å². The highest BCUT2D eigenvalue weighted by Crippen LogP contribution is 2.33. The molecule has 1 aliphatic rings. The summed E-state index contributed by atoms with van der Waals surface area (Å²) in [6.45, 7) is 1.86. The monoisotopic (exact) mass is 487 g/mol. The van der Waals surface area contributed by atoms with Gasteiger partial charge in [0.1, 0.15) is 5.82 Å². The first-order valence-corrected chi connectivity index (χ1v) is 12.1. The van der Waals surface area contributed by atoms with E-state index in [0.29, 0.717) is 27.9 Å². The number of thioether (sulfide) groups is 1. The first kappa shape index (κ1) is 22.8. The molecule has 0 radical (unpaired) electrons. The maximum absolute atomic E-state index is 13.5. The molecule has 0 spiro atoms. The van der Waals surface area contributed by atoms with Crippen molar-refractivity contribution in [2.75, 3.05) is 16.0 Å². The van der Waals surface area contributed by atoms with Crippen LogP contribution in [0.4, 0.5) is 15.8 Å². The first-order valence-electron chi connectivity index (χ1n) is 11.1. The van der Waals surface area contributed by atoms with Gasteiger partial charge in [0.25, 0.3) is 0 Å². The third-order valence-electron chi connectivity index (χ3n) is 5.70. The molecule has 4 aromatic rings. The quantitative estimate of drug-likeness (QED) is 0.404. The zero-order chi connectivity index (χ0) is 24.4. The summed E-state index contributed by atoms with van der Waals surface area (Å²) in [6.07, 6.45) is 0.208. The molecule has 1 atom stereocenters. The summed E-state index contributed by atoms with van der Waals surface area (Å²) in [5.41, 5.74) is 2.83. The SMILES string of the molecule is CC1CC(=O)Nc2ccccc2N1C(=O)CSc1nnc(-c2ccc(F)cc2)n1-c1ccccc1. The number of para-hydroxylation sites is 3. The molecule has 176 valence electrons. The van der Waals surface area contributed by atoms with Gasteiger partial charge in [-0.25, -0.2) is 4.39 Å². The molecule has 5 rings (SSSR count). The van der Waals surface area contributed by atoms with Gasteiger partial charge in [-0.1, -0.05) is 42.1 Å². The first-order chi connectivity index (χ1) is 17.0. The summed E-state index contributed by atoms with van der Waals surface area (Å²) < 4.78 is 15.4. The highest BCUT2D eigenvalue weighted by molar-refractivity contribution is 7.99. The lowest BCUT2D eigenvalue weighted by atomic mass is 10.2. The summed E-state index contributed by atoms with van der Waals surface area (Å²) in [5, 5.41) is 12.1. The molecule has 0 saturated heterocycles. The van der Waals surface area contributed by atoms with Crippen LogP contribution >= 0.6 is 11.8 Å². The van der Waals surface area contributed by atoms with Crippen LogP contribution < -0.4 is 10.2 Å². The highest BCUT2D eigenvalue weighted by Gasteiger charge is 2.30. The second kappa shape index (κ2) is 9.71. The number of carbonyl (C=O) groups excluding carboxylic acids is 2. The maximum atomic E-state index is 13.5. The fourth-order valence-electron chi connectivity index (χ4n) is 4.12. The van der Waals surface area contributed by atoms with Gasteiger partial charge in [-0.05, 0) is 55.5 Å². The molecule has 35 heavy (non-hydrogen) atoms. The van der Waals surface area contributed by atoms with Crippen molar-refractivity contribution in [3.8, 4) is 17.1 Å². The normalized spacial score (nSPS) is 15.3. The summed E-state index contributed by atoms with van der Waals surface area (Å²) in [7, 11) is 0. The van der Waals surface area contributed by atoms with Gasteiger partial charge >= 0.3 is 0 Å². The third-order valence-corrected chi connectivity index (χ3v) is 6.62. The number of hydrogen-bond donors (Lipinski definition) is 1. The van der Waals surface area contributed by atoms with Gasteiger partial charge in [0.05, 0.1) is 17.1 Å². The molecule has 1 aromatic heterocycles. The van der Waals surface area contributed by atoms with Crippen molar-refractivity contribution in [3.05, 3.63) is 84.7 Å². The molecule has 0 aliphatic carbocycles.